The van der Waals surface area contributed by atoms with Gasteiger partial charge in [-0.2, -0.15) is 0 Å². The molecule has 0 aliphatic heterocycles. The van der Waals surface area contributed by atoms with Gasteiger partial charge < -0.3 is 4.74 Å². The van der Waals surface area contributed by atoms with Crippen molar-refractivity contribution in [3.63, 3.8) is 0 Å². The van der Waals surface area contributed by atoms with Crippen LogP contribution in [0, 0.1) is 27.7 Å². The average molecular weight is 240 g/mol. The highest BCUT2D eigenvalue weighted by atomic mass is 16.5. The van der Waals surface area contributed by atoms with Crippen molar-refractivity contribution in [2.45, 2.75) is 34.3 Å². The molecule has 0 amide bonds. The number of rotatable bonds is 3. The van der Waals surface area contributed by atoms with E-state index in [4.69, 9.17) is 4.74 Å². The van der Waals surface area contributed by atoms with Crippen molar-refractivity contribution in [2.24, 2.45) is 0 Å². The van der Waals surface area contributed by atoms with Crippen LogP contribution in [0.3, 0.4) is 0 Å². The topological polar surface area (TPSA) is 9.23 Å². The Kier molecular flexibility index (Phi) is 3.71. The Hall–Kier alpha value is -1.76. The monoisotopic (exact) mass is 240 g/mol. The van der Waals surface area contributed by atoms with Crippen LogP contribution in [0.15, 0.2) is 36.4 Å². The zero-order chi connectivity index (χ0) is 13.1. The predicted molar refractivity (Wildman–Crippen MR) is 76.2 cm³/mol. The lowest BCUT2D eigenvalue weighted by atomic mass is 10.1. The molecule has 18 heavy (non-hydrogen) atoms. The Balaban J connectivity index is 2.16. The van der Waals surface area contributed by atoms with Crippen LogP contribution in [0.5, 0.6) is 5.75 Å². The van der Waals surface area contributed by atoms with Gasteiger partial charge in [0.25, 0.3) is 0 Å². The van der Waals surface area contributed by atoms with Gasteiger partial charge in [0.05, 0.1) is 0 Å². The molecule has 0 atom stereocenters. The minimum Gasteiger partial charge on any atom is -0.488 e. The molecule has 0 saturated carbocycles. The van der Waals surface area contributed by atoms with Crippen molar-refractivity contribution in [3.8, 4) is 5.75 Å². The molecule has 1 heteroatoms. The van der Waals surface area contributed by atoms with E-state index in [1.165, 1.54) is 27.8 Å². The second kappa shape index (κ2) is 5.26. The van der Waals surface area contributed by atoms with Crippen LogP contribution in [-0.4, -0.2) is 0 Å². The fourth-order valence-electron chi connectivity index (χ4n) is 2.33. The molecule has 0 unspecified atom stereocenters. The minimum absolute atomic E-state index is 0.633. The van der Waals surface area contributed by atoms with E-state index in [1.807, 2.05) is 0 Å². The molecule has 0 spiro atoms. The van der Waals surface area contributed by atoms with E-state index in [0.717, 1.165) is 5.75 Å². The first-order valence-electron chi connectivity index (χ1n) is 6.32. The first-order valence-corrected chi connectivity index (χ1v) is 6.32. The van der Waals surface area contributed by atoms with Gasteiger partial charge in [0.2, 0.25) is 0 Å². The third-order valence-electron chi connectivity index (χ3n) is 3.07. The number of para-hydroxylation sites is 1. The number of hydrogen-bond acceptors (Lipinski definition) is 1. The summed E-state index contributed by atoms with van der Waals surface area (Å²) in [4.78, 5) is 0. The highest BCUT2D eigenvalue weighted by Gasteiger charge is 2.04. The lowest BCUT2D eigenvalue weighted by Gasteiger charge is -2.12. The molecular formula is C17H20O. The summed E-state index contributed by atoms with van der Waals surface area (Å²) >= 11 is 0. The third-order valence-corrected chi connectivity index (χ3v) is 3.07. The summed E-state index contributed by atoms with van der Waals surface area (Å²) < 4.78 is 5.96. The van der Waals surface area contributed by atoms with Crippen LogP contribution in [-0.2, 0) is 6.61 Å². The predicted octanol–water partition coefficient (Wildman–Crippen LogP) is 4.50. The van der Waals surface area contributed by atoms with Crippen molar-refractivity contribution in [3.05, 3.63) is 64.2 Å². The Labute approximate surface area is 109 Å². The number of hydrogen-bond donors (Lipinski definition) is 0. The van der Waals surface area contributed by atoms with Gasteiger partial charge in [-0.15, -0.1) is 0 Å². The molecule has 0 aliphatic carbocycles. The molecule has 2 aromatic carbocycles. The molecular weight excluding hydrogens is 220 g/mol. The van der Waals surface area contributed by atoms with Gasteiger partial charge in [-0.3, -0.25) is 0 Å². The van der Waals surface area contributed by atoms with E-state index in [9.17, 15) is 0 Å². The zero-order valence-corrected chi connectivity index (χ0v) is 11.6. The molecule has 0 aromatic heterocycles. The molecule has 0 heterocycles. The summed E-state index contributed by atoms with van der Waals surface area (Å²) in [7, 11) is 0. The van der Waals surface area contributed by atoms with Crippen LogP contribution in [0.4, 0.5) is 0 Å². The van der Waals surface area contributed by atoms with E-state index in [2.05, 4.69) is 64.1 Å². The average Bonchev–Trinajstić information content (AvgIpc) is 2.27. The fraction of sp³-hybridized carbons (Fsp3) is 0.294. The summed E-state index contributed by atoms with van der Waals surface area (Å²) in [6, 6.07) is 12.8. The summed E-state index contributed by atoms with van der Waals surface area (Å²) in [6.45, 7) is 9.05. The molecule has 2 rings (SSSR count). The van der Waals surface area contributed by atoms with Gasteiger partial charge in [0.1, 0.15) is 12.4 Å². The first-order chi connectivity index (χ1) is 8.56. The quantitative estimate of drug-likeness (QED) is 0.767. The Morgan fingerprint density at radius 3 is 1.94 bits per heavy atom. The van der Waals surface area contributed by atoms with E-state index in [-0.39, 0.29) is 0 Å². The molecule has 0 fully saturated rings. The van der Waals surface area contributed by atoms with E-state index < -0.39 is 0 Å². The summed E-state index contributed by atoms with van der Waals surface area (Å²) in [5.41, 5.74) is 6.19. The fourth-order valence-corrected chi connectivity index (χ4v) is 2.33. The number of aryl methyl sites for hydroxylation is 4. The Morgan fingerprint density at radius 2 is 1.39 bits per heavy atom. The van der Waals surface area contributed by atoms with Gasteiger partial charge in [-0.1, -0.05) is 47.5 Å². The summed E-state index contributed by atoms with van der Waals surface area (Å²) in [5, 5.41) is 0. The van der Waals surface area contributed by atoms with Crippen LogP contribution in [0.1, 0.15) is 27.8 Å². The van der Waals surface area contributed by atoms with Crippen LogP contribution in [0.25, 0.3) is 0 Å². The Bertz CT molecular complexity index is 515. The van der Waals surface area contributed by atoms with Crippen molar-refractivity contribution in [1.82, 2.24) is 0 Å². The maximum absolute atomic E-state index is 5.96. The lowest BCUT2D eigenvalue weighted by molar-refractivity contribution is 0.302. The molecule has 0 saturated heterocycles. The van der Waals surface area contributed by atoms with E-state index >= 15 is 0 Å². The van der Waals surface area contributed by atoms with Crippen molar-refractivity contribution >= 4 is 0 Å². The molecule has 0 bridgehead atoms. The SMILES string of the molecule is Cc1cc(C)cc(COc2c(C)cccc2C)c1. The van der Waals surface area contributed by atoms with Gasteiger partial charge in [-0.05, 0) is 44.4 Å². The van der Waals surface area contributed by atoms with Crippen molar-refractivity contribution in [1.29, 1.82) is 0 Å². The molecule has 94 valence electrons. The third kappa shape index (κ3) is 2.92. The molecule has 0 radical (unpaired) electrons. The molecule has 1 nitrogen and oxygen atoms in total. The standard InChI is InChI=1S/C17H20O/c1-12-8-13(2)10-16(9-12)11-18-17-14(3)6-5-7-15(17)4/h5-10H,11H2,1-4H3. The van der Waals surface area contributed by atoms with Crippen LogP contribution in [0.2, 0.25) is 0 Å². The minimum atomic E-state index is 0.633. The molecule has 2 aromatic rings. The maximum atomic E-state index is 5.96. The van der Waals surface area contributed by atoms with E-state index in [0.29, 0.717) is 6.61 Å². The van der Waals surface area contributed by atoms with Crippen molar-refractivity contribution in [2.75, 3.05) is 0 Å². The largest absolute Gasteiger partial charge is 0.488 e. The maximum Gasteiger partial charge on any atom is 0.125 e. The molecule has 0 N–H and O–H groups in total. The Morgan fingerprint density at radius 1 is 0.833 bits per heavy atom. The normalized spacial score (nSPS) is 10.4. The van der Waals surface area contributed by atoms with Crippen molar-refractivity contribution < 1.29 is 4.74 Å². The smallest absolute Gasteiger partial charge is 0.125 e. The van der Waals surface area contributed by atoms with Gasteiger partial charge in [-0.25, -0.2) is 0 Å². The van der Waals surface area contributed by atoms with Crippen LogP contribution < -0.4 is 4.74 Å². The molecule has 0 aliphatic rings. The van der Waals surface area contributed by atoms with E-state index in [1.54, 1.807) is 0 Å². The highest BCUT2D eigenvalue weighted by Crippen LogP contribution is 2.23. The zero-order valence-electron chi connectivity index (χ0n) is 11.6. The summed E-state index contributed by atoms with van der Waals surface area (Å²) in [5.74, 6) is 1.01. The van der Waals surface area contributed by atoms with Gasteiger partial charge in [0, 0.05) is 0 Å². The lowest BCUT2D eigenvalue weighted by Crippen LogP contribution is -1.99. The van der Waals surface area contributed by atoms with Gasteiger partial charge >= 0.3 is 0 Å². The first kappa shape index (κ1) is 12.7. The second-order valence-corrected chi connectivity index (χ2v) is 5.01. The van der Waals surface area contributed by atoms with Gasteiger partial charge in [0.15, 0.2) is 0 Å². The second-order valence-electron chi connectivity index (χ2n) is 5.01. The van der Waals surface area contributed by atoms with Crippen LogP contribution >= 0.6 is 0 Å². The number of ether oxygens (including phenoxy) is 1. The number of benzene rings is 2. The summed E-state index contributed by atoms with van der Waals surface area (Å²) in [6.07, 6.45) is 0. The highest BCUT2D eigenvalue weighted by molar-refractivity contribution is 5.40.